The molecule has 168 valence electrons. The summed E-state index contributed by atoms with van der Waals surface area (Å²) in [4.78, 5) is 9.41. The number of nitrogens with one attached hydrogen (secondary N) is 2. The van der Waals surface area contributed by atoms with Gasteiger partial charge in [-0.25, -0.2) is 0 Å². The molecule has 1 heterocycles. The number of guanidine groups is 1. The Morgan fingerprint density at radius 2 is 1.90 bits per heavy atom. The third kappa shape index (κ3) is 6.59. The molecule has 1 saturated heterocycles. The molecule has 1 atom stereocenters. The van der Waals surface area contributed by atoms with Gasteiger partial charge in [0.1, 0.15) is 5.75 Å². The second-order valence-electron chi connectivity index (χ2n) is 8.24. The Morgan fingerprint density at radius 1 is 1.20 bits per heavy atom. The zero-order chi connectivity index (χ0) is 21.2. The maximum atomic E-state index is 5.56. The van der Waals surface area contributed by atoms with Crippen LogP contribution in [0.1, 0.15) is 37.3 Å². The Balaban J connectivity index is 1.53. The summed E-state index contributed by atoms with van der Waals surface area (Å²) in [7, 11) is 5.79. The van der Waals surface area contributed by atoms with Gasteiger partial charge in [-0.05, 0) is 37.6 Å². The molecule has 1 aliphatic heterocycles. The topological polar surface area (TPSA) is 61.4 Å². The molecular weight excluding hydrogens is 378 g/mol. The minimum absolute atomic E-state index is 0.263. The SMILES string of the molecule is CN=C(NCCN(C)C1CCCC1)NCC(c1ccc(OC)cc1)N1CCOCC1. The average molecular weight is 418 g/mol. The first-order valence-corrected chi connectivity index (χ1v) is 11.3. The van der Waals surface area contributed by atoms with Crippen molar-refractivity contribution in [2.45, 2.75) is 37.8 Å². The number of hydrogen-bond acceptors (Lipinski definition) is 5. The molecule has 7 heteroatoms. The lowest BCUT2D eigenvalue weighted by Crippen LogP contribution is -2.47. The van der Waals surface area contributed by atoms with Gasteiger partial charge < -0.3 is 25.0 Å². The number of nitrogens with zero attached hydrogens (tertiary/aromatic N) is 3. The minimum Gasteiger partial charge on any atom is -0.497 e. The molecule has 0 radical (unpaired) electrons. The number of hydrogen-bond donors (Lipinski definition) is 2. The maximum Gasteiger partial charge on any atom is 0.191 e. The molecule has 0 amide bonds. The summed E-state index contributed by atoms with van der Waals surface area (Å²) in [6, 6.07) is 9.41. The zero-order valence-electron chi connectivity index (χ0n) is 18.9. The molecule has 1 aromatic carbocycles. The van der Waals surface area contributed by atoms with Crippen LogP contribution in [0.2, 0.25) is 0 Å². The van der Waals surface area contributed by atoms with Crippen LogP contribution in [0.5, 0.6) is 5.75 Å². The fraction of sp³-hybridized carbons (Fsp3) is 0.696. The van der Waals surface area contributed by atoms with Crippen molar-refractivity contribution in [2.75, 3.05) is 67.1 Å². The fourth-order valence-electron chi connectivity index (χ4n) is 4.47. The summed E-state index contributed by atoms with van der Waals surface area (Å²) in [5.41, 5.74) is 1.28. The highest BCUT2D eigenvalue weighted by molar-refractivity contribution is 5.79. The molecule has 1 aromatic rings. The predicted octanol–water partition coefficient (Wildman–Crippen LogP) is 2.11. The molecule has 2 N–H and O–H groups in total. The first kappa shape index (κ1) is 22.8. The predicted molar refractivity (Wildman–Crippen MR) is 122 cm³/mol. The highest BCUT2D eigenvalue weighted by Gasteiger charge is 2.23. The fourth-order valence-corrected chi connectivity index (χ4v) is 4.47. The highest BCUT2D eigenvalue weighted by Crippen LogP contribution is 2.24. The van der Waals surface area contributed by atoms with E-state index in [1.54, 1.807) is 7.11 Å². The first-order valence-electron chi connectivity index (χ1n) is 11.3. The van der Waals surface area contributed by atoms with Crippen molar-refractivity contribution in [1.82, 2.24) is 20.4 Å². The second kappa shape index (κ2) is 12.1. The Morgan fingerprint density at radius 3 is 2.53 bits per heavy atom. The molecule has 0 aromatic heterocycles. The van der Waals surface area contributed by atoms with Crippen LogP contribution in [-0.2, 0) is 4.74 Å². The smallest absolute Gasteiger partial charge is 0.191 e. The number of methoxy groups -OCH3 is 1. The molecule has 2 fully saturated rings. The van der Waals surface area contributed by atoms with E-state index in [2.05, 4.69) is 44.6 Å². The van der Waals surface area contributed by atoms with Crippen LogP contribution >= 0.6 is 0 Å². The van der Waals surface area contributed by atoms with Crippen molar-refractivity contribution in [3.05, 3.63) is 29.8 Å². The highest BCUT2D eigenvalue weighted by atomic mass is 16.5. The van der Waals surface area contributed by atoms with E-state index in [1.165, 1.54) is 31.2 Å². The van der Waals surface area contributed by atoms with E-state index in [4.69, 9.17) is 9.47 Å². The van der Waals surface area contributed by atoms with Crippen LogP contribution in [0.4, 0.5) is 0 Å². The van der Waals surface area contributed by atoms with E-state index in [9.17, 15) is 0 Å². The van der Waals surface area contributed by atoms with Gasteiger partial charge in [0.15, 0.2) is 5.96 Å². The van der Waals surface area contributed by atoms with E-state index in [-0.39, 0.29) is 6.04 Å². The lowest BCUT2D eigenvalue weighted by atomic mass is 10.0. The molecule has 0 spiro atoms. The molecule has 2 aliphatic rings. The third-order valence-electron chi connectivity index (χ3n) is 6.38. The Hall–Kier alpha value is -1.83. The Bertz CT molecular complexity index is 639. The first-order chi connectivity index (χ1) is 14.7. The van der Waals surface area contributed by atoms with Gasteiger partial charge in [-0.2, -0.15) is 0 Å². The molecule has 1 saturated carbocycles. The maximum absolute atomic E-state index is 5.56. The van der Waals surface area contributed by atoms with Crippen molar-refractivity contribution < 1.29 is 9.47 Å². The molecule has 30 heavy (non-hydrogen) atoms. The number of morpholine rings is 1. The van der Waals surface area contributed by atoms with Crippen LogP contribution in [0.3, 0.4) is 0 Å². The molecule has 0 bridgehead atoms. The Labute approximate surface area is 181 Å². The monoisotopic (exact) mass is 417 g/mol. The van der Waals surface area contributed by atoms with E-state index < -0.39 is 0 Å². The van der Waals surface area contributed by atoms with Crippen molar-refractivity contribution in [3.8, 4) is 5.75 Å². The third-order valence-corrected chi connectivity index (χ3v) is 6.38. The van der Waals surface area contributed by atoms with E-state index in [0.29, 0.717) is 0 Å². The Kier molecular flexibility index (Phi) is 9.24. The average Bonchev–Trinajstić information content (AvgIpc) is 3.34. The van der Waals surface area contributed by atoms with Gasteiger partial charge in [0.2, 0.25) is 0 Å². The van der Waals surface area contributed by atoms with Crippen LogP contribution in [0.25, 0.3) is 0 Å². The van der Waals surface area contributed by atoms with Gasteiger partial charge in [0, 0.05) is 45.8 Å². The normalized spacial score (nSPS) is 19.8. The minimum atomic E-state index is 0.263. The van der Waals surface area contributed by atoms with E-state index >= 15 is 0 Å². The number of ether oxygens (including phenoxy) is 2. The molecule has 1 unspecified atom stereocenters. The van der Waals surface area contributed by atoms with Crippen molar-refractivity contribution in [1.29, 1.82) is 0 Å². The van der Waals surface area contributed by atoms with Gasteiger partial charge in [-0.15, -0.1) is 0 Å². The second-order valence-corrected chi connectivity index (χ2v) is 8.24. The largest absolute Gasteiger partial charge is 0.497 e. The number of aliphatic imine (C=N–C) groups is 1. The van der Waals surface area contributed by atoms with Gasteiger partial charge in [0.05, 0.1) is 26.4 Å². The van der Waals surface area contributed by atoms with Crippen molar-refractivity contribution >= 4 is 5.96 Å². The zero-order valence-corrected chi connectivity index (χ0v) is 18.9. The summed E-state index contributed by atoms with van der Waals surface area (Å²) >= 11 is 0. The van der Waals surface area contributed by atoms with Crippen molar-refractivity contribution in [3.63, 3.8) is 0 Å². The number of benzene rings is 1. The molecule has 7 nitrogen and oxygen atoms in total. The number of likely N-dealkylation sites (N-methyl/N-ethyl adjacent to an activating group) is 1. The van der Waals surface area contributed by atoms with Crippen LogP contribution in [-0.4, -0.2) is 88.9 Å². The lowest BCUT2D eigenvalue weighted by Gasteiger charge is -2.35. The number of rotatable bonds is 9. The van der Waals surface area contributed by atoms with Gasteiger partial charge in [-0.3, -0.25) is 9.89 Å². The summed E-state index contributed by atoms with van der Waals surface area (Å²) in [5, 5.41) is 7.03. The lowest BCUT2D eigenvalue weighted by molar-refractivity contribution is 0.0170. The van der Waals surface area contributed by atoms with Crippen LogP contribution in [0, 0.1) is 0 Å². The molecule has 3 rings (SSSR count). The quantitative estimate of drug-likeness (QED) is 0.474. The van der Waals surface area contributed by atoms with Crippen LogP contribution in [0.15, 0.2) is 29.3 Å². The summed E-state index contributed by atoms with van der Waals surface area (Å²) in [6.07, 6.45) is 5.43. The molecular formula is C23H39N5O2. The van der Waals surface area contributed by atoms with Gasteiger partial charge in [0.25, 0.3) is 0 Å². The summed E-state index contributed by atoms with van der Waals surface area (Å²) < 4.78 is 10.9. The van der Waals surface area contributed by atoms with E-state index in [0.717, 1.165) is 63.7 Å². The standard InChI is InChI=1S/C23H39N5O2/c1-24-23(25-12-13-27(2)20-6-4-5-7-20)26-18-22(28-14-16-30-17-15-28)19-8-10-21(29-3)11-9-19/h8-11,20,22H,4-7,12-18H2,1-3H3,(H2,24,25,26). The van der Waals surface area contributed by atoms with Gasteiger partial charge in [-0.1, -0.05) is 25.0 Å². The van der Waals surface area contributed by atoms with Crippen LogP contribution < -0.4 is 15.4 Å². The molecule has 1 aliphatic carbocycles. The van der Waals surface area contributed by atoms with Gasteiger partial charge >= 0.3 is 0 Å². The summed E-state index contributed by atoms with van der Waals surface area (Å²) in [5.74, 6) is 1.75. The van der Waals surface area contributed by atoms with E-state index in [1.807, 2.05) is 19.2 Å². The summed E-state index contributed by atoms with van der Waals surface area (Å²) in [6.45, 7) is 6.19. The van der Waals surface area contributed by atoms with Crippen molar-refractivity contribution in [2.24, 2.45) is 4.99 Å².